The largest absolute Gasteiger partial charge is 0.333 e. The van der Waals surface area contributed by atoms with Crippen molar-refractivity contribution >= 4 is 49.4 Å². The van der Waals surface area contributed by atoms with Crippen molar-refractivity contribution in [3.05, 3.63) is 0 Å². The van der Waals surface area contributed by atoms with Crippen LogP contribution in [0.2, 0.25) is 0 Å². The highest BCUT2D eigenvalue weighted by Crippen LogP contribution is 2.26. The van der Waals surface area contributed by atoms with Crippen molar-refractivity contribution in [1.29, 1.82) is 0 Å². The molecule has 0 aliphatic carbocycles. The maximum absolute atomic E-state index is 12.2. The van der Waals surface area contributed by atoms with Gasteiger partial charge >= 0.3 is 6.03 Å². The van der Waals surface area contributed by atoms with E-state index in [2.05, 4.69) is 25.3 Å². The third kappa shape index (κ3) is 3.82. The molecular formula is C14H22N3O4S2. The summed E-state index contributed by atoms with van der Waals surface area (Å²) in [4.78, 5) is 51.0. The Morgan fingerprint density at radius 2 is 1.96 bits per heavy atom. The second kappa shape index (κ2) is 7.57. The molecule has 7 nitrogen and oxygen atoms in total. The van der Waals surface area contributed by atoms with Crippen molar-refractivity contribution in [2.24, 2.45) is 0 Å². The standard InChI is InChI=1S/C14H22N3O4S2/c1-14(2)12(20)17(13(21)16(14)4)6-5-10(23)11(19)15(3)9(7-18)8-22/h9-10,22-23H,5-6,8H2,1-4H3/t9?,10-/m0/s1. The summed E-state index contributed by atoms with van der Waals surface area (Å²) >= 11 is 8.21. The van der Waals surface area contributed by atoms with Gasteiger partial charge < -0.3 is 9.80 Å². The molecule has 1 heterocycles. The molecule has 0 aromatic heterocycles. The second-order valence-electron chi connectivity index (χ2n) is 5.93. The summed E-state index contributed by atoms with van der Waals surface area (Å²) < 4.78 is 0. The molecule has 1 saturated heterocycles. The average Bonchev–Trinajstić information content (AvgIpc) is 2.66. The highest BCUT2D eigenvalue weighted by Gasteiger charge is 2.49. The minimum atomic E-state index is -0.895. The highest BCUT2D eigenvalue weighted by molar-refractivity contribution is 7.81. The predicted molar refractivity (Wildman–Crippen MR) is 92.4 cm³/mol. The fourth-order valence-electron chi connectivity index (χ4n) is 2.18. The lowest BCUT2D eigenvalue weighted by Gasteiger charge is -2.25. The van der Waals surface area contributed by atoms with Gasteiger partial charge in [-0.15, -0.1) is 0 Å². The number of amides is 4. The molecule has 0 aromatic carbocycles. The molecule has 0 N–H and O–H groups in total. The van der Waals surface area contributed by atoms with Crippen LogP contribution < -0.4 is 0 Å². The molecule has 1 rings (SSSR count). The first-order chi connectivity index (χ1) is 10.6. The van der Waals surface area contributed by atoms with Gasteiger partial charge in [0.25, 0.3) is 5.91 Å². The fraction of sp³-hybridized carbons (Fsp3) is 0.714. The molecule has 1 radical (unpaired) electrons. The molecule has 0 spiro atoms. The van der Waals surface area contributed by atoms with Crippen molar-refractivity contribution in [1.82, 2.24) is 14.7 Å². The third-order valence-electron chi connectivity index (χ3n) is 4.16. The topological polar surface area (TPSA) is 78.0 Å². The Morgan fingerprint density at radius 3 is 2.35 bits per heavy atom. The van der Waals surface area contributed by atoms with E-state index in [-0.39, 0.29) is 30.5 Å². The third-order valence-corrected chi connectivity index (χ3v) is 4.99. The van der Waals surface area contributed by atoms with E-state index < -0.39 is 22.9 Å². The number of nitrogens with zero attached hydrogens (tertiary/aromatic N) is 3. The van der Waals surface area contributed by atoms with Crippen LogP contribution in [0.25, 0.3) is 0 Å². The zero-order valence-electron chi connectivity index (χ0n) is 13.6. The van der Waals surface area contributed by atoms with Gasteiger partial charge in [-0.2, -0.15) is 25.3 Å². The van der Waals surface area contributed by atoms with Gasteiger partial charge in [-0.25, -0.2) is 4.79 Å². The van der Waals surface area contributed by atoms with Gasteiger partial charge in [0.1, 0.15) is 11.6 Å². The Bertz CT molecular complexity index is 512. The number of urea groups is 1. The Balaban J connectivity index is 2.68. The Morgan fingerprint density at radius 1 is 1.39 bits per heavy atom. The second-order valence-corrected chi connectivity index (χ2v) is 6.92. The van der Waals surface area contributed by atoms with E-state index >= 15 is 0 Å². The molecular weight excluding hydrogens is 338 g/mol. The van der Waals surface area contributed by atoms with Gasteiger partial charge in [-0.05, 0) is 20.3 Å². The minimum Gasteiger partial charge on any atom is -0.333 e. The number of carbonyl (C=O) groups is 3. The van der Waals surface area contributed by atoms with Gasteiger partial charge in [0.05, 0.1) is 5.25 Å². The number of carbonyl (C=O) groups excluding carboxylic acids is 4. The minimum absolute atomic E-state index is 0.0928. The predicted octanol–water partition coefficient (Wildman–Crippen LogP) is 0.214. The van der Waals surface area contributed by atoms with Crippen molar-refractivity contribution in [2.75, 3.05) is 26.4 Å². The Labute approximate surface area is 147 Å². The molecule has 1 aliphatic heterocycles. The fourth-order valence-corrected chi connectivity index (χ4v) is 2.80. The average molecular weight is 360 g/mol. The summed E-state index contributed by atoms with van der Waals surface area (Å²) in [5, 5.41) is -0.731. The number of thiol groups is 2. The lowest BCUT2D eigenvalue weighted by molar-refractivity contribution is -0.133. The van der Waals surface area contributed by atoms with E-state index in [1.165, 1.54) is 16.8 Å². The molecule has 129 valence electrons. The van der Waals surface area contributed by atoms with Crippen LogP contribution in [-0.2, 0) is 14.4 Å². The quantitative estimate of drug-likeness (QED) is 0.503. The van der Waals surface area contributed by atoms with Crippen molar-refractivity contribution in [3.8, 4) is 0 Å². The molecule has 23 heavy (non-hydrogen) atoms. The summed E-state index contributed by atoms with van der Waals surface area (Å²) in [5.41, 5.74) is -0.895. The van der Waals surface area contributed by atoms with Crippen molar-refractivity contribution in [2.45, 2.75) is 37.1 Å². The van der Waals surface area contributed by atoms with Crippen LogP contribution in [0.3, 0.4) is 0 Å². The maximum Gasteiger partial charge on any atom is 0.327 e. The van der Waals surface area contributed by atoms with Crippen LogP contribution in [-0.4, -0.2) is 82.1 Å². The number of rotatable bonds is 7. The Kier molecular flexibility index (Phi) is 6.52. The highest BCUT2D eigenvalue weighted by atomic mass is 32.1. The molecule has 0 aromatic rings. The van der Waals surface area contributed by atoms with E-state index in [1.54, 1.807) is 27.2 Å². The van der Waals surface area contributed by atoms with Crippen LogP contribution in [0.1, 0.15) is 20.3 Å². The SMILES string of the molecule is CN(C(=O)[C@@H](S)CCN1C(=O)N(C)C(C)(C)C1=O)C([C]=O)CS. The summed E-state index contributed by atoms with van der Waals surface area (Å²) in [5.74, 6) is -0.517. The Hall–Kier alpha value is -1.22. The van der Waals surface area contributed by atoms with Gasteiger partial charge in [0, 0.05) is 26.4 Å². The molecule has 1 unspecified atom stereocenters. The molecule has 0 bridgehead atoms. The van der Waals surface area contributed by atoms with Gasteiger partial charge in [-0.3, -0.25) is 19.3 Å². The van der Waals surface area contributed by atoms with Crippen molar-refractivity contribution in [3.63, 3.8) is 0 Å². The number of likely N-dealkylation sites (N-methyl/N-ethyl adjacent to an activating group) is 2. The molecule has 1 fully saturated rings. The van der Waals surface area contributed by atoms with Crippen molar-refractivity contribution < 1.29 is 19.2 Å². The van der Waals surface area contributed by atoms with E-state index in [0.717, 1.165) is 4.90 Å². The molecule has 2 atom stereocenters. The molecule has 1 aliphatic rings. The molecule has 9 heteroatoms. The van der Waals surface area contributed by atoms with Crippen LogP contribution >= 0.6 is 25.3 Å². The van der Waals surface area contributed by atoms with E-state index in [0.29, 0.717) is 0 Å². The zero-order chi connectivity index (χ0) is 17.9. The first-order valence-corrected chi connectivity index (χ1v) is 8.27. The van der Waals surface area contributed by atoms with E-state index in [1.807, 2.05) is 0 Å². The smallest absolute Gasteiger partial charge is 0.327 e. The van der Waals surface area contributed by atoms with Gasteiger partial charge in [0.2, 0.25) is 12.2 Å². The zero-order valence-corrected chi connectivity index (χ0v) is 15.4. The number of hydrogen-bond donors (Lipinski definition) is 2. The first-order valence-electron chi connectivity index (χ1n) is 7.12. The van der Waals surface area contributed by atoms with Crippen LogP contribution in [0.15, 0.2) is 0 Å². The summed E-state index contributed by atoms with van der Waals surface area (Å²) in [7, 11) is 3.04. The lowest BCUT2D eigenvalue weighted by atomic mass is 10.1. The molecule has 4 amide bonds. The van der Waals surface area contributed by atoms with Crippen LogP contribution in [0.4, 0.5) is 4.79 Å². The summed E-state index contributed by atoms with van der Waals surface area (Å²) in [6.45, 7) is 3.43. The molecule has 0 saturated carbocycles. The summed E-state index contributed by atoms with van der Waals surface area (Å²) in [6.07, 6.45) is 1.93. The van der Waals surface area contributed by atoms with Crippen LogP contribution in [0.5, 0.6) is 0 Å². The number of imide groups is 1. The lowest BCUT2D eigenvalue weighted by Crippen LogP contribution is -2.44. The van der Waals surface area contributed by atoms with Gasteiger partial charge in [0.15, 0.2) is 0 Å². The maximum atomic E-state index is 12.2. The van der Waals surface area contributed by atoms with Crippen LogP contribution in [0, 0.1) is 0 Å². The first kappa shape index (κ1) is 19.8. The van der Waals surface area contributed by atoms with Gasteiger partial charge in [-0.1, -0.05) is 0 Å². The monoisotopic (exact) mass is 360 g/mol. The normalized spacial score (nSPS) is 19.7. The van der Waals surface area contributed by atoms with E-state index in [9.17, 15) is 19.2 Å². The number of hydrogen-bond acceptors (Lipinski definition) is 6. The van der Waals surface area contributed by atoms with E-state index in [4.69, 9.17) is 0 Å². The summed E-state index contributed by atoms with van der Waals surface area (Å²) in [6, 6.07) is -1.14.